The Balaban J connectivity index is 0.000000152. The van der Waals surface area contributed by atoms with Gasteiger partial charge in [0.05, 0.1) is 0 Å². The minimum atomic E-state index is -0.117. The average Bonchev–Trinajstić information content (AvgIpc) is 3.53. The number of carbonyl (C=O) groups is 2. The maximum Gasteiger partial charge on any atom is 0.356 e. The molecule has 0 spiro atoms. The molecule has 1 aromatic carbocycles. The molecule has 186 valence electrons. The monoisotopic (exact) mass is 502 g/mol. The van der Waals surface area contributed by atoms with Crippen molar-refractivity contribution in [3.05, 3.63) is 35.9 Å². The average molecular weight is 503 g/mol. The Labute approximate surface area is 211 Å². The predicted octanol–water partition coefficient (Wildman–Crippen LogP) is 5.44. The van der Waals surface area contributed by atoms with Gasteiger partial charge in [-0.05, 0) is 110 Å². The summed E-state index contributed by atoms with van der Waals surface area (Å²) in [6.07, 6.45) is 12.0. The van der Waals surface area contributed by atoms with Gasteiger partial charge >= 0.3 is 5.97 Å². The van der Waals surface area contributed by atoms with Gasteiger partial charge in [-0.2, -0.15) is 0 Å². The maximum absolute atomic E-state index is 12.4. The normalized spacial score (nSPS) is 34.6. The number of rotatable bonds is 6. The SMILES string of the molecule is CC1(OC(=O)C[S+]2CCCC2)C2CC3CC(C2)CC1C3.O=C(C[S+]1CCCC1)c1ccccc1. The van der Waals surface area contributed by atoms with Crippen LogP contribution in [-0.2, 0) is 31.3 Å². The Morgan fingerprint density at radius 3 is 1.82 bits per heavy atom. The molecule has 6 aliphatic rings. The van der Waals surface area contributed by atoms with Gasteiger partial charge in [-0.1, -0.05) is 30.3 Å². The molecule has 4 saturated carbocycles. The van der Waals surface area contributed by atoms with E-state index >= 15 is 0 Å². The summed E-state index contributed by atoms with van der Waals surface area (Å²) in [7, 11) is 0.733. The molecule has 0 amide bonds. The highest BCUT2D eigenvalue weighted by molar-refractivity contribution is 7.98. The summed E-state index contributed by atoms with van der Waals surface area (Å²) in [5.41, 5.74) is 0.764. The van der Waals surface area contributed by atoms with E-state index in [4.69, 9.17) is 4.74 Å². The van der Waals surface area contributed by atoms with E-state index in [9.17, 15) is 9.59 Å². The first-order valence-corrected chi connectivity index (χ1v) is 17.0. The third-order valence-electron chi connectivity index (χ3n) is 9.08. The summed E-state index contributed by atoms with van der Waals surface area (Å²) in [4.78, 5) is 24.2. The van der Waals surface area contributed by atoms with Crippen LogP contribution in [0.25, 0.3) is 0 Å². The molecule has 5 heteroatoms. The van der Waals surface area contributed by atoms with Crippen molar-refractivity contribution in [1.82, 2.24) is 0 Å². The molecule has 4 aliphatic carbocycles. The highest BCUT2D eigenvalue weighted by Crippen LogP contribution is 2.59. The summed E-state index contributed by atoms with van der Waals surface area (Å²) < 4.78 is 6.14. The number of esters is 1. The van der Waals surface area contributed by atoms with Crippen molar-refractivity contribution in [1.29, 1.82) is 0 Å². The lowest BCUT2D eigenvalue weighted by molar-refractivity contribution is -0.200. The first kappa shape index (κ1) is 24.7. The number of ether oxygens (including phenoxy) is 1. The quantitative estimate of drug-likeness (QED) is 0.296. The van der Waals surface area contributed by atoms with Crippen LogP contribution < -0.4 is 0 Å². The number of benzene rings is 1. The maximum atomic E-state index is 12.4. The highest BCUT2D eigenvalue weighted by atomic mass is 32.2. The molecule has 1 aromatic rings. The fraction of sp³-hybridized carbons (Fsp3) is 0.724. The Hall–Kier alpha value is -0.940. The highest BCUT2D eigenvalue weighted by Gasteiger charge is 2.57. The molecule has 2 aliphatic heterocycles. The van der Waals surface area contributed by atoms with E-state index < -0.39 is 0 Å². The summed E-state index contributed by atoms with van der Waals surface area (Å²) >= 11 is 0. The summed E-state index contributed by atoms with van der Waals surface area (Å²) in [6.45, 7) is 2.26. The van der Waals surface area contributed by atoms with Crippen molar-refractivity contribution in [2.45, 2.75) is 70.3 Å². The number of Topliss-reactive ketones (excluding diaryl/α,β-unsaturated/α-hetero) is 1. The van der Waals surface area contributed by atoms with Crippen molar-refractivity contribution in [2.24, 2.45) is 23.7 Å². The Kier molecular flexibility index (Phi) is 7.99. The van der Waals surface area contributed by atoms with Gasteiger partial charge in [0.1, 0.15) is 28.6 Å². The Morgan fingerprint density at radius 1 is 0.794 bits per heavy atom. The zero-order valence-corrected chi connectivity index (χ0v) is 22.5. The number of hydrogen-bond donors (Lipinski definition) is 0. The van der Waals surface area contributed by atoms with Crippen LogP contribution >= 0.6 is 0 Å². The lowest BCUT2D eigenvalue weighted by atomic mass is 9.50. The molecule has 0 N–H and O–H groups in total. The van der Waals surface area contributed by atoms with Crippen LogP contribution in [0.1, 0.15) is 75.1 Å². The summed E-state index contributed by atoms with van der Waals surface area (Å²) in [6, 6.07) is 9.66. The molecule has 2 heterocycles. The standard InChI is InChI=1S/C17H27O2S.C12H15OS/c1-17(19-16(18)11-20-4-2-3-5-20)14-7-12-6-13(9-14)10-15(17)8-12;13-12(10-14-8-4-5-9-14)11-6-2-1-3-7-11/h12-15H,2-11H2,1H3;1-3,6-7H,4-5,8-10H2/q2*+1. The van der Waals surface area contributed by atoms with E-state index in [1.54, 1.807) is 0 Å². The van der Waals surface area contributed by atoms with Crippen LogP contribution in [0.15, 0.2) is 30.3 Å². The van der Waals surface area contributed by atoms with E-state index in [1.807, 2.05) is 30.3 Å². The summed E-state index contributed by atoms with van der Waals surface area (Å²) in [5, 5.41) is 0. The van der Waals surface area contributed by atoms with E-state index in [1.165, 1.54) is 80.8 Å². The van der Waals surface area contributed by atoms with Gasteiger partial charge in [-0.25, -0.2) is 4.79 Å². The molecule has 0 radical (unpaired) electrons. The third-order valence-corrected chi connectivity index (χ3v) is 13.9. The largest absolute Gasteiger partial charge is 0.455 e. The lowest BCUT2D eigenvalue weighted by Gasteiger charge is -2.58. The van der Waals surface area contributed by atoms with Crippen LogP contribution in [0.5, 0.6) is 0 Å². The van der Waals surface area contributed by atoms with Crippen LogP contribution in [0.4, 0.5) is 0 Å². The van der Waals surface area contributed by atoms with Gasteiger partial charge < -0.3 is 4.74 Å². The zero-order chi connectivity index (χ0) is 23.5. The molecular weight excluding hydrogens is 460 g/mol. The molecule has 34 heavy (non-hydrogen) atoms. The van der Waals surface area contributed by atoms with Gasteiger partial charge in [0.2, 0.25) is 11.5 Å². The predicted molar refractivity (Wildman–Crippen MR) is 145 cm³/mol. The second-order valence-electron chi connectivity index (χ2n) is 11.5. The topological polar surface area (TPSA) is 43.4 Å². The van der Waals surface area contributed by atoms with Crippen LogP contribution in [0, 0.1) is 23.7 Å². The summed E-state index contributed by atoms with van der Waals surface area (Å²) in [5.74, 6) is 10.2. The third kappa shape index (κ3) is 5.72. The second kappa shape index (κ2) is 11.0. The molecule has 2 saturated heterocycles. The van der Waals surface area contributed by atoms with Gasteiger partial charge in [-0.15, -0.1) is 0 Å². The molecular formula is C29H42O3S2+2. The number of hydrogen-bond acceptors (Lipinski definition) is 3. The van der Waals surface area contributed by atoms with Crippen molar-refractivity contribution in [2.75, 3.05) is 34.5 Å². The molecule has 0 aromatic heterocycles. The van der Waals surface area contributed by atoms with E-state index in [0.29, 0.717) is 45.2 Å². The zero-order valence-electron chi connectivity index (χ0n) is 20.8. The molecule has 0 atom stereocenters. The van der Waals surface area contributed by atoms with Crippen molar-refractivity contribution >= 4 is 33.5 Å². The van der Waals surface area contributed by atoms with Crippen molar-refractivity contribution in [3.63, 3.8) is 0 Å². The van der Waals surface area contributed by atoms with Crippen LogP contribution in [-0.4, -0.2) is 51.9 Å². The minimum Gasteiger partial charge on any atom is -0.455 e. The van der Waals surface area contributed by atoms with Gasteiger partial charge in [-0.3, -0.25) is 4.79 Å². The Morgan fingerprint density at radius 2 is 1.29 bits per heavy atom. The first-order chi connectivity index (χ1) is 16.5. The molecule has 0 unspecified atom stereocenters. The lowest BCUT2D eigenvalue weighted by Crippen LogP contribution is -2.58. The van der Waals surface area contributed by atoms with Crippen molar-refractivity contribution < 1.29 is 14.3 Å². The Bertz CT molecular complexity index is 814. The molecule has 7 rings (SSSR count). The fourth-order valence-electron chi connectivity index (χ4n) is 7.34. The first-order valence-electron chi connectivity index (χ1n) is 13.6. The molecule has 6 fully saturated rings. The van der Waals surface area contributed by atoms with E-state index in [0.717, 1.165) is 23.2 Å². The smallest absolute Gasteiger partial charge is 0.356 e. The van der Waals surface area contributed by atoms with Gasteiger partial charge in [0.15, 0.2) is 5.75 Å². The van der Waals surface area contributed by atoms with E-state index in [-0.39, 0.29) is 11.6 Å². The number of carbonyl (C=O) groups excluding carboxylic acids is 2. The molecule has 4 bridgehead atoms. The van der Waals surface area contributed by atoms with Crippen LogP contribution in [0.2, 0.25) is 0 Å². The van der Waals surface area contributed by atoms with Crippen LogP contribution in [0.3, 0.4) is 0 Å². The molecule has 3 nitrogen and oxygen atoms in total. The minimum absolute atomic E-state index is 0.116. The van der Waals surface area contributed by atoms with Gasteiger partial charge in [0.25, 0.3) is 0 Å². The number of ketones is 1. The second-order valence-corrected chi connectivity index (χ2v) is 16.2. The van der Waals surface area contributed by atoms with E-state index in [2.05, 4.69) is 6.92 Å². The van der Waals surface area contributed by atoms with Gasteiger partial charge in [0, 0.05) is 5.56 Å². The fourth-order valence-corrected chi connectivity index (χ4v) is 11.7. The van der Waals surface area contributed by atoms with Crippen molar-refractivity contribution in [3.8, 4) is 0 Å².